The van der Waals surface area contributed by atoms with E-state index in [4.69, 9.17) is 9.72 Å². The number of likely N-dealkylation sites (tertiary alicyclic amines) is 1. The minimum atomic E-state index is -0.269. The number of halogens is 1. The highest BCUT2D eigenvalue weighted by Gasteiger charge is 2.27. The normalized spacial score (nSPS) is 15.7. The molecule has 6 rings (SSSR count). The number of piperidine rings is 1. The molecule has 40 heavy (non-hydrogen) atoms. The van der Waals surface area contributed by atoms with Crippen LogP contribution in [0.5, 0.6) is 5.75 Å². The zero-order chi connectivity index (χ0) is 27.3. The summed E-state index contributed by atoms with van der Waals surface area (Å²) in [6, 6.07) is 32.0. The van der Waals surface area contributed by atoms with E-state index in [-0.39, 0.29) is 17.6 Å². The zero-order valence-electron chi connectivity index (χ0n) is 22.2. The van der Waals surface area contributed by atoms with Gasteiger partial charge >= 0.3 is 0 Å². The number of hydrogen-bond donors (Lipinski definition) is 1. The summed E-state index contributed by atoms with van der Waals surface area (Å²) in [6.45, 7) is 2.64. The summed E-state index contributed by atoms with van der Waals surface area (Å²) in [5.41, 5.74) is 4.60. The van der Waals surface area contributed by atoms with E-state index in [1.54, 1.807) is 12.1 Å². The van der Waals surface area contributed by atoms with Crippen molar-refractivity contribution in [3.8, 4) is 11.4 Å². The molecule has 1 N–H and O–H groups in total. The lowest BCUT2D eigenvalue weighted by Crippen LogP contribution is -2.40. The smallest absolute Gasteiger partial charge is 0.228 e. The number of rotatable bonds is 8. The lowest BCUT2D eigenvalue weighted by molar-refractivity contribution is -0.121. The van der Waals surface area contributed by atoms with Gasteiger partial charge in [-0.05, 0) is 85.6 Å². The van der Waals surface area contributed by atoms with E-state index in [2.05, 4.69) is 14.8 Å². The van der Waals surface area contributed by atoms with E-state index in [0.29, 0.717) is 19.7 Å². The summed E-state index contributed by atoms with van der Waals surface area (Å²) in [7, 11) is 0. The van der Waals surface area contributed by atoms with Gasteiger partial charge in [-0.15, -0.1) is 0 Å². The summed E-state index contributed by atoms with van der Waals surface area (Å²) in [5, 5.41) is 3.08. The molecule has 5 aromatic rings. The molecule has 1 aromatic heterocycles. The number of anilines is 1. The van der Waals surface area contributed by atoms with Crippen LogP contribution < -0.4 is 10.1 Å². The molecule has 0 bridgehead atoms. The van der Waals surface area contributed by atoms with Crippen molar-refractivity contribution >= 4 is 22.6 Å². The molecular weight excluding hydrogens is 503 g/mol. The van der Waals surface area contributed by atoms with Crippen molar-refractivity contribution in [3.63, 3.8) is 0 Å². The van der Waals surface area contributed by atoms with Gasteiger partial charge in [-0.2, -0.15) is 0 Å². The number of carbonyl (C=O) groups is 1. The molecular formula is C33H31FN4O2. The monoisotopic (exact) mass is 534 g/mol. The van der Waals surface area contributed by atoms with Crippen molar-refractivity contribution in [2.45, 2.75) is 26.0 Å². The van der Waals surface area contributed by atoms with Crippen molar-refractivity contribution < 1.29 is 13.9 Å². The lowest BCUT2D eigenvalue weighted by Gasteiger charge is -2.31. The molecule has 7 heteroatoms. The number of ether oxygens (including phenoxy) is 1. The van der Waals surface area contributed by atoms with E-state index < -0.39 is 0 Å². The average Bonchev–Trinajstić information content (AvgIpc) is 3.35. The Hall–Kier alpha value is -4.49. The maximum absolute atomic E-state index is 13.6. The van der Waals surface area contributed by atoms with Gasteiger partial charge in [-0.1, -0.05) is 42.5 Å². The summed E-state index contributed by atoms with van der Waals surface area (Å²) in [4.78, 5) is 20.4. The van der Waals surface area contributed by atoms with Crippen LogP contribution >= 0.6 is 0 Å². The average molecular weight is 535 g/mol. The number of fused-ring (bicyclic) bond motifs is 1. The minimum Gasteiger partial charge on any atom is -0.489 e. The summed E-state index contributed by atoms with van der Waals surface area (Å²) in [6.07, 6.45) is 1.77. The van der Waals surface area contributed by atoms with Gasteiger partial charge in [0.25, 0.3) is 0 Å². The Morgan fingerprint density at radius 3 is 2.48 bits per heavy atom. The van der Waals surface area contributed by atoms with Crippen LogP contribution in [0.1, 0.15) is 24.2 Å². The number of aromatic nitrogens is 2. The van der Waals surface area contributed by atoms with Gasteiger partial charge in [0.1, 0.15) is 24.0 Å². The highest BCUT2D eigenvalue weighted by Crippen LogP contribution is 2.26. The van der Waals surface area contributed by atoms with Crippen molar-refractivity contribution in [2.75, 3.05) is 18.4 Å². The fourth-order valence-electron chi connectivity index (χ4n) is 5.29. The second-order valence-electron chi connectivity index (χ2n) is 10.2. The topological polar surface area (TPSA) is 59.4 Å². The predicted octanol–water partition coefficient (Wildman–Crippen LogP) is 6.59. The fourth-order valence-corrected chi connectivity index (χ4v) is 5.29. The number of nitrogens with one attached hydrogen (secondary N) is 1. The summed E-state index contributed by atoms with van der Waals surface area (Å²) < 4.78 is 21.6. The summed E-state index contributed by atoms with van der Waals surface area (Å²) in [5.74, 6) is 1.27. The third-order valence-electron chi connectivity index (χ3n) is 7.33. The standard InChI is InChI=1S/C33H31FN4O2/c34-26-12-16-28(17-13-26)38-31-11-5-4-10-30(31)36-32(38)22-37-20-6-9-25(21-37)33(39)35-27-14-18-29(19-15-27)40-23-24-7-2-1-3-8-24/h1-5,7-8,10-19,25H,6,9,20-23H2,(H,35,39)/t25-/m0/s1. The molecule has 202 valence electrons. The Balaban J connectivity index is 1.10. The van der Waals surface area contributed by atoms with E-state index in [1.165, 1.54) is 12.1 Å². The van der Waals surface area contributed by atoms with E-state index >= 15 is 0 Å². The zero-order valence-corrected chi connectivity index (χ0v) is 22.2. The molecule has 4 aromatic carbocycles. The number of para-hydroxylation sites is 2. The van der Waals surface area contributed by atoms with Crippen molar-refractivity contribution in [2.24, 2.45) is 5.92 Å². The van der Waals surface area contributed by atoms with Gasteiger partial charge in [0.15, 0.2) is 0 Å². The van der Waals surface area contributed by atoms with Gasteiger partial charge in [-0.25, -0.2) is 9.37 Å². The molecule has 0 radical (unpaired) electrons. The molecule has 1 amide bonds. The maximum Gasteiger partial charge on any atom is 0.228 e. The first-order valence-electron chi connectivity index (χ1n) is 13.6. The largest absolute Gasteiger partial charge is 0.489 e. The van der Waals surface area contributed by atoms with Crippen molar-refractivity contribution in [1.82, 2.24) is 14.5 Å². The van der Waals surface area contributed by atoms with Gasteiger partial charge < -0.3 is 10.1 Å². The Morgan fingerprint density at radius 1 is 0.925 bits per heavy atom. The van der Waals surface area contributed by atoms with Crippen LogP contribution in [-0.4, -0.2) is 33.4 Å². The quantitative estimate of drug-likeness (QED) is 0.244. The Bertz CT molecular complexity index is 1580. The molecule has 1 saturated heterocycles. The molecule has 0 spiro atoms. The second-order valence-corrected chi connectivity index (χ2v) is 10.2. The highest BCUT2D eigenvalue weighted by molar-refractivity contribution is 5.92. The van der Waals surface area contributed by atoms with Crippen molar-refractivity contribution in [3.05, 3.63) is 120 Å². The van der Waals surface area contributed by atoms with Crippen LogP contribution in [0.15, 0.2) is 103 Å². The number of amides is 1. The van der Waals surface area contributed by atoms with E-state index in [9.17, 15) is 9.18 Å². The molecule has 1 fully saturated rings. The first-order valence-corrected chi connectivity index (χ1v) is 13.6. The van der Waals surface area contributed by atoms with E-state index in [0.717, 1.165) is 58.9 Å². The maximum atomic E-state index is 13.6. The molecule has 1 aliphatic heterocycles. The third kappa shape index (κ3) is 5.90. The van der Waals surface area contributed by atoms with Crippen LogP contribution in [0.2, 0.25) is 0 Å². The summed E-state index contributed by atoms with van der Waals surface area (Å²) >= 11 is 0. The van der Waals surface area contributed by atoms with Crippen molar-refractivity contribution in [1.29, 1.82) is 0 Å². The van der Waals surface area contributed by atoms with Crippen LogP contribution in [0.3, 0.4) is 0 Å². The predicted molar refractivity (Wildman–Crippen MR) is 155 cm³/mol. The van der Waals surface area contributed by atoms with Gasteiger partial charge in [0.2, 0.25) is 5.91 Å². The van der Waals surface area contributed by atoms with Gasteiger partial charge in [0, 0.05) is 17.9 Å². The van der Waals surface area contributed by atoms with Crippen LogP contribution in [-0.2, 0) is 17.9 Å². The molecule has 1 atom stereocenters. The first kappa shape index (κ1) is 25.8. The number of benzene rings is 4. The molecule has 2 heterocycles. The Labute approximate surface area is 233 Å². The highest BCUT2D eigenvalue weighted by atomic mass is 19.1. The number of nitrogens with zero attached hydrogens (tertiary/aromatic N) is 3. The van der Waals surface area contributed by atoms with Crippen LogP contribution in [0, 0.1) is 11.7 Å². The third-order valence-corrected chi connectivity index (χ3v) is 7.33. The molecule has 0 saturated carbocycles. The van der Waals surface area contributed by atoms with Gasteiger partial charge in [-0.3, -0.25) is 14.3 Å². The van der Waals surface area contributed by atoms with Gasteiger partial charge in [0.05, 0.1) is 23.5 Å². The Kier molecular flexibility index (Phi) is 7.55. The molecule has 1 aliphatic rings. The number of imidazole rings is 1. The lowest BCUT2D eigenvalue weighted by atomic mass is 9.97. The van der Waals surface area contributed by atoms with Crippen LogP contribution in [0.4, 0.5) is 10.1 Å². The fraction of sp³-hybridized carbons (Fsp3) is 0.212. The minimum absolute atomic E-state index is 0.0229. The SMILES string of the molecule is O=C(Nc1ccc(OCc2ccccc2)cc1)[C@H]1CCCN(Cc2nc3ccccc3n2-c2ccc(F)cc2)C1. The number of carbonyl (C=O) groups excluding carboxylic acids is 1. The molecule has 6 nitrogen and oxygen atoms in total. The second kappa shape index (κ2) is 11.7. The first-order chi connectivity index (χ1) is 19.6. The number of hydrogen-bond acceptors (Lipinski definition) is 4. The molecule has 0 aliphatic carbocycles. The Morgan fingerprint density at radius 2 is 1.68 bits per heavy atom. The van der Waals surface area contributed by atoms with E-state index in [1.807, 2.05) is 78.9 Å². The van der Waals surface area contributed by atoms with Crippen LogP contribution in [0.25, 0.3) is 16.7 Å². The molecule has 0 unspecified atom stereocenters.